The topological polar surface area (TPSA) is 29.1 Å². The number of hydrogen-bond acceptors (Lipinski definition) is 1. The van der Waals surface area contributed by atoms with Crippen LogP contribution in [-0.4, -0.2) is 5.91 Å². The molecule has 2 nitrogen and oxygen atoms in total. The fraction of sp³-hybridized carbons (Fsp3) is 0.300. The van der Waals surface area contributed by atoms with Gasteiger partial charge in [-0.1, -0.05) is 6.92 Å². The smallest absolute Gasteiger partial charge is 0.224 e. The van der Waals surface area contributed by atoms with Crippen LogP contribution in [0.2, 0.25) is 0 Å². The average Bonchev–Trinajstić information content (AvgIpc) is 2.14. The van der Waals surface area contributed by atoms with Gasteiger partial charge in [0, 0.05) is 12.1 Å². The summed E-state index contributed by atoms with van der Waals surface area (Å²) >= 11 is 3.08. The van der Waals surface area contributed by atoms with Gasteiger partial charge in [0.15, 0.2) is 0 Å². The predicted molar refractivity (Wildman–Crippen MR) is 57.8 cm³/mol. The molecular weight excluding hydrogens is 249 g/mol. The van der Waals surface area contributed by atoms with Gasteiger partial charge in [-0.15, -0.1) is 0 Å². The maximum atomic E-state index is 13.1. The van der Waals surface area contributed by atoms with Crippen LogP contribution in [-0.2, 0) is 4.79 Å². The first-order valence-corrected chi connectivity index (χ1v) is 5.09. The van der Waals surface area contributed by atoms with Gasteiger partial charge in [-0.3, -0.25) is 4.79 Å². The van der Waals surface area contributed by atoms with Crippen molar-refractivity contribution in [3.05, 3.63) is 28.0 Å². The van der Waals surface area contributed by atoms with Crippen LogP contribution < -0.4 is 5.32 Å². The zero-order valence-electron chi connectivity index (χ0n) is 8.03. The van der Waals surface area contributed by atoms with Crippen molar-refractivity contribution in [3.8, 4) is 0 Å². The van der Waals surface area contributed by atoms with E-state index < -0.39 is 0 Å². The molecule has 0 aromatic heterocycles. The molecule has 0 aliphatic rings. The van der Waals surface area contributed by atoms with Crippen LogP contribution in [0, 0.1) is 12.7 Å². The molecule has 1 aromatic carbocycles. The van der Waals surface area contributed by atoms with Gasteiger partial charge in [-0.2, -0.15) is 0 Å². The maximum Gasteiger partial charge on any atom is 0.224 e. The van der Waals surface area contributed by atoms with Gasteiger partial charge in [0.25, 0.3) is 0 Å². The van der Waals surface area contributed by atoms with Crippen molar-refractivity contribution >= 4 is 27.5 Å². The van der Waals surface area contributed by atoms with Crippen molar-refractivity contribution in [2.24, 2.45) is 0 Å². The van der Waals surface area contributed by atoms with E-state index in [0.717, 1.165) is 5.56 Å². The summed E-state index contributed by atoms with van der Waals surface area (Å²) < 4.78 is 13.5. The highest BCUT2D eigenvalue weighted by Crippen LogP contribution is 2.23. The second kappa shape index (κ2) is 4.55. The number of nitrogens with one attached hydrogen (secondary N) is 1. The first kappa shape index (κ1) is 11.2. The number of amides is 1. The molecule has 0 saturated heterocycles. The number of carbonyl (C=O) groups excluding carboxylic acids is 1. The number of rotatable bonds is 2. The van der Waals surface area contributed by atoms with E-state index in [1.165, 1.54) is 6.07 Å². The summed E-state index contributed by atoms with van der Waals surface area (Å²) in [6.45, 7) is 3.56. The second-order valence-electron chi connectivity index (χ2n) is 2.98. The summed E-state index contributed by atoms with van der Waals surface area (Å²) in [5.74, 6) is -0.489. The molecular formula is C10H11BrFNO. The van der Waals surface area contributed by atoms with E-state index in [9.17, 15) is 9.18 Å². The van der Waals surface area contributed by atoms with Crippen LogP contribution in [0.25, 0.3) is 0 Å². The quantitative estimate of drug-likeness (QED) is 0.868. The average molecular weight is 260 g/mol. The third-order valence-electron chi connectivity index (χ3n) is 1.86. The van der Waals surface area contributed by atoms with E-state index in [1.807, 2.05) is 6.92 Å². The Morgan fingerprint density at radius 3 is 2.79 bits per heavy atom. The molecule has 1 aromatic rings. The molecule has 0 saturated carbocycles. The van der Waals surface area contributed by atoms with Crippen molar-refractivity contribution in [1.82, 2.24) is 0 Å². The van der Waals surface area contributed by atoms with E-state index in [-0.39, 0.29) is 11.7 Å². The normalized spacial score (nSPS) is 10.0. The van der Waals surface area contributed by atoms with Crippen LogP contribution in [0.4, 0.5) is 10.1 Å². The largest absolute Gasteiger partial charge is 0.326 e. The Hall–Kier alpha value is -0.900. The Kier molecular flexibility index (Phi) is 3.63. The number of aryl methyl sites for hydroxylation is 1. The lowest BCUT2D eigenvalue weighted by molar-refractivity contribution is -0.115. The van der Waals surface area contributed by atoms with E-state index in [0.29, 0.717) is 16.6 Å². The maximum absolute atomic E-state index is 13.1. The molecule has 0 aliphatic carbocycles. The predicted octanol–water partition coefficient (Wildman–Crippen LogP) is 3.25. The fourth-order valence-electron chi connectivity index (χ4n) is 1.02. The van der Waals surface area contributed by atoms with Crippen molar-refractivity contribution in [2.45, 2.75) is 20.3 Å². The first-order valence-electron chi connectivity index (χ1n) is 4.30. The van der Waals surface area contributed by atoms with Crippen LogP contribution in [0.5, 0.6) is 0 Å². The van der Waals surface area contributed by atoms with Gasteiger partial charge < -0.3 is 5.32 Å². The Morgan fingerprint density at radius 1 is 1.57 bits per heavy atom. The fourth-order valence-corrected chi connectivity index (χ4v) is 1.48. The van der Waals surface area contributed by atoms with Crippen LogP contribution in [0.15, 0.2) is 16.6 Å². The van der Waals surface area contributed by atoms with E-state index in [1.54, 1.807) is 13.0 Å². The summed E-state index contributed by atoms with van der Waals surface area (Å²) in [6.07, 6.45) is 0.386. The second-order valence-corrected chi connectivity index (χ2v) is 3.84. The Bertz CT molecular complexity index is 365. The third kappa shape index (κ3) is 2.54. The minimum atomic E-state index is -0.373. The Morgan fingerprint density at radius 2 is 2.21 bits per heavy atom. The highest BCUT2D eigenvalue weighted by molar-refractivity contribution is 9.10. The lowest BCUT2D eigenvalue weighted by Crippen LogP contribution is -2.10. The molecule has 0 unspecified atom stereocenters. The number of benzene rings is 1. The number of hydrogen-bond donors (Lipinski definition) is 1. The molecule has 0 bridgehead atoms. The molecule has 0 atom stereocenters. The van der Waals surface area contributed by atoms with Crippen molar-refractivity contribution in [3.63, 3.8) is 0 Å². The number of carbonyl (C=O) groups is 1. The highest BCUT2D eigenvalue weighted by atomic mass is 79.9. The Balaban J connectivity index is 2.98. The molecule has 4 heteroatoms. The molecule has 1 rings (SSSR count). The van der Waals surface area contributed by atoms with Crippen molar-refractivity contribution in [2.75, 3.05) is 5.32 Å². The molecule has 14 heavy (non-hydrogen) atoms. The minimum Gasteiger partial charge on any atom is -0.326 e. The highest BCUT2D eigenvalue weighted by Gasteiger charge is 2.06. The lowest BCUT2D eigenvalue weighted by Gasteiger charge is -2.08. The molecule has 0 spiro atoms. The molecule has 0 aliphatic heterocycles. The van der Waals surface area contributed by atoms with Gasteiger partial charge >= 0.3 is 0 Å². The minimum absolute atomic E-state index is 0.116. The number of halogens is 2. The van der Waals surface area contributed by atoms with Gasteiger partial charge in [-0.25, -0.2) is 4.39 Å². The SMILES string of the molecule is CCC(=O)Nc1cc(F)c(Br)cc1C. The zero-order chi connectivity index (χ0) is 10.7. The molecule has 0 heterocycles. The van der Waals surface area contributed by atoms with E-state index in [4.69, 9.17) is 0 Å². The standard InChI is InChI=1S/C10H11BrFNO/c1-3-10(14)13-9-5-8(12)7(11)4-6(9)2/h4-5H,3H2,1-2H3,(H,13,14). The third-order valence-corrected chi connectivity index (χ3v) is 2.47. The van der Waals surface area contributed by atoms with E-state index >= 15 is 0 Å². The molecule has 0 fully saturated rings. The monoisotopic (exact) mass is 259 g/mol. The summed E-state index contributed by atoms with van der Waals surface area (Å²) in [4.78, 5) is 11.1. The first-order chi connectivity index (χ1) is 6.54. The van der Waals surface area contributed by atoms with Crippen molar-refractivity contribution < 1.29 is 9.18 Å². The lowest BCUT2D eigenvalue weighted by atomic mass is 10.2. The van der Waals surface area contributed by atoms with Crippen LogP contribution >= 0.6 is 15.9 Å². The molecule has 1 amide bonds. The van der Waals surface area contributed by atoms with Gasteiger partial charge in [0.2, 0.25) is 5.91 Å². The summed E-state index contributed by atoms with van der Waals surface area (Å²) in [6, 6.07) is 2.95. The number of anilines is 1. The molecule has 1 N–H and O–H groups in total. The Labute approximate surface area is 90.6 Å². The van der Waals surface area contributed by atoms with Gasteiger partial charge in [-0.05, 0) is 40.5 Å². The summed E-state index contributed by atoms with van der Waals surface area (Å²) in [5.41, 5.74) is 1.36. The summed E-state index contributed by atoms with van der Waals surface area (Å²) in [5, 5.41) is 2.63. The molecule has 76 valence electrons. The van der Waals surface area contributed by atoms with Gasteiger partial charge in [0.1, 0.15) is 5.82 Å². The zero-order valence-corrected chi connectivity index (χ0v) is 9.61. The van der Waals surface area contributed by atoms with E-state index in [2.05, 4.69) is 21.2 Å². The van der Waals surface area contributed by atoms with Crippen molar-refractivity contribution in [1.29, 1.82) is 0 Å². The van der Waals surface area contributed by atoms with Gasteiger partial charge in [0.05, 0.1) is 4.47 Å². The molecule has 0 radical (unpaired) electrons. The van der Waals surface area contributed by atoms with Crippen LogP contribution in [0.1, 0.15) is 18.9 Å². The van der Waals surface area contributed by atoms with Crippen LogP contribution in [0.3, 0.4) is 0 Å². The summed E-state index contributed by atoms with van der Waals surface area (Å²) in [7, 11) is 0.